The van der Waals surface area contributed by atoms with Crippen molar-refractivity contribution in [3.05, 3.63) is 65.2 Å². The van der Waals surface area contributed by atoms with Gasteiger partial charge in [-0.05, 0) is 55.8 Å². The van der Waals surface area contributed by atoms with Crippen LogP contribution in [0.5, 0.6) is 0 Å². The molecule has 1 unspecified atom stereocenters. The van der Waals surface area contributed by atoms with Crippen molar-refractivity contribution in [2.75, 3.05) is 19.6 Å². The lowest BCUT2D eigenvalue weighted by Gasteiger charge is -2.33. The SMILES string of the molecule is N#Cc1ccc(C2CCN(CC(O)c3cccc(F)c3)CC2)nc1. The van der Waals surface area contributed by atoms with Gasteiger partial charge in [0.15, 0.2) is 0 Å². The zero-order valence-corrected chi connectivity index (χ0v) is 13.4. The van der Waals surface area contributed by atoms with Gasteiger partial charge in [0.1, 0.15) is 11.9 Å². The summed E-state index contributed by atoms with van der Waals surface area (Å²) in [5, 5.41) is 19.1. The molecule has 0 amide bonds. The smallest absolute Gasteiger partial charge is 0.123 e. The van der Waals surface area contributed by atoms with E-state index in [9.17, 15) is 9.50 Å². The number of β-amino-alcohol motifs (C(OH)–C–C–N with tert-alkyl or cyclic N) is 1. The predicted octanol–water partition coefficient (Wildman–Crippen LogP) is 3.01. The van der Waals surface area contributed by atoms with Gasteiger partial charge in [-0.15, -0.1) is 0 Å². The zero-order chi connectivity index (χ0) is 16.9. The predicted molar refractivity (Wildman–Crippen MR) is 88.7 cm³/mol. The van der Waals surface area contributed by atoms with Crippen molar-refractivity contribution in [2.45, 2.75) is 24.9 Å². The van der Waals surface area contributed by atoms with Gasteiger partial charge < -0.3 is 10.0 Å². The molecule has 1 N–H and O–H groups in total. The standard InChI is InChI=1S/C19H20FN3O/c20-17-3-1-2-16(10-17)19(24)13-23-8-6-15(7-9-23)18-5-4-14(11-21)12-22-18/h1-5,10,12,15,19,24H,6-9,13H2. The largest absolute Gasteiger partial charge is 0.387 e. The van der Waals surface area contributed by atoms with E-state index in [-0.39, 0.29) is 5.82 Å². The molecule has 1 aromatic heterocycles. The van der Waals surface area contributed by atoms with Crippen molar-refractivity contribution in [1.82, 2.24) is 9.88 Å². The minimum absolute atomic E-state index is 0.322. The van der Waals surface area contributed by atoms with E-state index in [1.807, 2.05) is 12.1 Å². The molecule has 124 valence electrons. The first-order chi connectivity index (χ1) is 11.7. The van der Waals surface area contributed by atoms with Gasteiger partial charge in [-0.1, -0.05) is 12.1 Å². The molecular weight excluding hydrogens is 305 g/mol. The highest BCUT2D eigenvalue weighted by atomic mass is 19.1. The Balaban J connectivity index is 1.54. The molecule has 3 rings (SSSR count). The fraction of sp³-hybridized carbons (Fsp3) is 0.368. The number of benzene rings is 1. The normalized spacial score (nSPS) is 17.4. The van der Waals surface area contributed by atoms with Crippen LogP contribution in [0.2, 0.25) is 0 Å². The Morgan fingerprint density at radius 2 is 2.08 bits per heavy atom. The molecule has 0 saturated carbocycles. The van der Waals surface area contributed by atoms with Crippen LogP contribution in [0.25, 0.3) is 0 Å². The van der Waals surface area contributed by atoms with E-state index in [1.165, 1.54) is 12.1 Å². The van der Waals surface area contributed by atoms with E-state index in [1.54, 1.807) is 18.3 Å². The first kappa shape index (κ1) is 16.6. The van der Waals surface area contributed by atoms with Crippen molar-refractivity contribution in [2.24, 2.45) is 0 Å². The highest BCUT2D eigenvalue weighted by Crippen LogP contribution is 2.27. The second-order valence-corrected chi connectivity index (χ2v) is 6.23. The molecule has 2 aromatic rings. The molecule has 1 fully saturated rings. The summed E-state index contributed by atoms with van der Waals surface area (Å²) in [4.78, 5) is 6.59. The second kappa shape index (κ2) is 7.52. The van der Waals surface area contributed by atoms with Gasteiger partial charge in [-0.25, -0.2) is 4.39 Å². The molecule has 2 heterocycles. The summed E-state index contributed by atoms with van der Waals surface area (Å²) < 4.78 is 13.2. The first-order valence-electron chi connectivity index (χ1n) is 8.17. The van der Waals surface area contributed by atoms with Crippen molar-refractivity contribution in [1.29, 1.82) is 5.26 Å². The Morgan fingerprint density at radius 1 is 1.29 bits per heavy atom. The summed E-state index contributed by atoms with van der Waals surface area (Å²) in [5.41, 5.74) is 2.22. The van der Waals surface area contributed by atoms with E-state index in [4.69, 9.17) is 5.26 Å². The summed E-state index contributed by atoms with van der Waals surface area (Å²) in [5.74, 6) is 0.0671. The van der Waals surface area contributed by atoms with Gasteiger partial charge in [0.05, 0.1) is 11.7 Å². The Hall–Kier alpha value is -2.29. The lowest BCUT2D eigenvalue weighted by atomic mass is 9.92. The monoisotopic (exact) mass is 325 g/mol. The summed E-state index contributed by atoms with van der Waals surface area (Å²) in [6.45, 7) is 2.26. The highest BCUT2D eigenvalue weighted by Gasteiger charge is 2.23. The van der Waals surface area contributed by atoms with Gasteiger partial charge >= 0.3 is 0 Å². The van der Waals surface area contributed by atoms with Crippen LogP contribution in [-0.2, 0) is 0 Å². The van der Waals surface area contributed by atoms with E-state index >= 15 is 0 Å². The number of aliphatic hydroxyl groups excluding tert-OH is 1. The zero-order valence-electron chi connectivity index (χ0n) is 13.4. The third-order valence-corrected chi connectivity index (χ3v) is 4.59. The van der Waals surface area contributed by atoms with E-state index in [2.05, 4.69) is 16.0 Å². The fourth-order valence-corrected chi connectivity index (χ4v) is 3.19. The summed E-state index contributed by atoms with van der Waals surface area (Å²) in [6, 6.07) is 12.0. The molecular formula is C19H20FN3O. The number of hydrogen-bond acceptors (Lipinski definition) is 4. The number of nitrogens with zero attached hydrogens (tertiary/aromatic N) is 3. The molecule has 4 nitrogen and oxygen atoms in total. The number of rotatable bonds is 4. The number of halogens is 1. The third kappa shape index (κ3) is 3.97. The van der Waals surface area contributed by atoms with Crippen LogP contribution < -0.4 is 0 Å². The van der Waals surface area contributed by atoms with E-state index in [0.29, 0.717) is 23.6 Å². The maximum absolute atomic E-state index is 13.2. The molecule has 5 heteroatoms. The number of aromatic nitrogens is 1. The fourth-order valence-electron chi connectivity index (χ4n) is 3.19. The van der Waals surface area contributed by atoms with Crippen molar-refractivity contribution >= 4 is 0 Å². The van der Waals surface area contributed by atoms with Gasteiger partial charge in [-0.3, -0.25) is 4.98 Å². The number of pyridine rings is 1. The number of piperidine rings is 1. The van der Waals surface area contributed by atoms with Crippen LogP contribution in [0.4, 0.5) is 4.39 Å². The summed E-state index contributed by atoms with van der Waals surface area (Å²) >= 11 is 0. The van der Waals surface area contributed by atoms with Crippen LogP contribution in [0.3, 0.4) is 0 Å². The Kier molecular flexibility index (Phi) is 5.19. The van der Waals surface area contributed by atoms with Gasteiger partial charge in [0, 0.05) is 24.4 Å². The lowest BCUT2D eigenvalue weighted by Crippen LogP contribution is -2.36. The Labute approximate surface area is 141 Å². The molecule has 0 spiro atoms. The van der Waals surface area contributed by atoms with Crippen molar-refractivity contribution in [3.8, 4) is 6.07 Å². The van der Waals surface area contributed by atoms with Crippen molar-refractivity contribution in [3.63, 3.8) is 0 Å². The summed E-state index contributed by atoms with van der Waals surface area (Å²) in [6.07, 6.45) is 2.88. The van der Waals surface area contributed by atoms with E-state index in [0.717, 1.165) is 31.6 Å². The number of aliphatic hydroxyl groups is 1. The van der Waals surface area contributed by atoms with Crippen LogP contribution in [0.1, 0.15) is 41.7 Å². The average Bonchev–Trinajstić information content (AvgIpc) is 2.62. The number of nitriles is 1. The molecule has 1 atom stereocenters. The first-order valence-corrected chi connectivity index (χ1v) is 8.17. The van der Waals surface area contributed by atoms with E-state index < -0.39 is 6.10 Å². The molecule has 1 aliphatic heterocycles. The molecule has 0 aliphatic carbocycles. The highest BCUT2D eigenvalue weighted by molar-refractivity contribution is 5.27. The minimum Gasteiger partial charge on any atom is -0.387 e. The topological polar surface area (TPSA) is 60.2 Å². The third-order valence-electron chi connectivity index (χ3n) is 4.59. The number of hydrogen-bond donors (Lipinski definition) is 1. The van der Waals surface area contributed by atoms with Gasteiger partial charge in [-0.2, -0.15) is 5.26 Å². The molecule has 24 heavy (non-hydrogen) atoms. The molecule has 1 aromatic carbocycles. The number of likely N-dealkylation sites (tertiary alicyclic amines) is 1. The minimum atomic E-state index is -0.676. The molecule has 0 bridgehead atoms. The van der Waals surface area contributed by atoms with Crippen LogP contribution >= 0.6 is 0 Å². The summed E-state index contributed by atoms with van der Waals surface area (Å²) in [7, 11) is 0. The second-order valence-electron chi connectivity index (χ2n) is 6.23. The molecule has 1 saturated heterocycles. The lowest BCUT2D eigenvalue weighted by molar-refractivity contribution is 0.0967. The molecule has 1 aliphatic rings. The van der Waals surface area contributed by atoms with Gasteiger partial charge in [0.2, 0.25) is 0 Å². The maximum Gasteiger partial charge on any atom is 0.123 e. The Bertz CT molecular complexity index is 718. The van der Waals surface area contributed by atoms with Gasteiger partial charge in [0.25, 0.3) is 0 Å². The quantitative estimate of drug-likeness (QED) is 0.939. The van der Waals surface area contributed by atoms with Crippen LogP contribution in [0, 0.1) is 17.1 Å². The average molecular weight is 325 g/mol. The van der Waals surface area contributed by atoms with Crippen molar-refractivity contribution < 1.29 is 9.50 Å². The Morgan fingerprint density at radius 3 is 2.71 bits per heavy atom. The maximum atomic E-state index is 13.2. The molecule has 0 radical (unpaired) electrons. The van der Waals surface area contributed by atoms with Crippen LogP contribution in [-0.4, -0.2) is 34.6 Å². The van der Waals surface area contributed by atoms with Crippen LogP contribution in [0.15, 0.2) is 42.6 Å².